The summed E-state index contributed by atoms with van der Waals surface area (Å²) in [6, 6.07) is 13.8. The first-order chi connectivity index (χ1) is 14.2. The van der Waals surface area contributed by atoms with E-state index in [4.69, 9.17) is 14.2 Å². The molecule has 8 heteroatoms. The van der Waals surface area contributed by atoms with Crippen LogP contribution in [0.15, 0.2) is 47.5 Å². The maximum atomic E-state index is 12.5. The standard InChI is InChI=1S/C21H24N2O4S2/c1-25-12-11-23-19-16(26-2)9-10-17(27-3)20(19)29-21(23)22-18(24)14-28-13-15-7-5-4-6-8-15/h4-10H,11-14H2,1-3H3. The number of amides is 1. The van der Waals surface area contributed by atoms with Crippen LogP contribution >= 0.6 is 23.1 Å². The van der Waals surface area contributed by atoms with Crippen molar-refractivity contribution in [1.82, 2.24) is 4.57 Å². The number of thioether (sulfide) groups is 1. The highest BCUT2D eigenvalue weighted by atomic mass is 32.2. The molecule has 154 valence electrons. The van der Waals surface area contributed by atoms with Crippen molar-refractivity contribution in [3.05, 3.63) is 52.8 Å². The molecule has 6 nitrogen and oxygen atoms in total. The molecule has 29 heavy (non-hydrogen) atoms. The van der Waals surface area contributed by atoms with E-state index in [0.717, 1.165) is 21.7 Å². The van der Waals surface area contributed by atoms with Gasteiger partial charge in [0.15, 0.2) is 4.80 Å². The molecule has 0 aliphatic heterocycles. The molecule has 0 saturated carbocycles. The molecular formula is C21H24N2O4S2. The summed E-state index contributed by atoms with van der Waals surface area (Å²) >= 11 is 2.98. The first-order valence-corrected chi connectivity index (χ1v) is 11.1. The Morgan fingerprint density at radius 2 is 1.79 bits per heavy atom. The van der Waals surface area contributed by atoms with Gasteiger partial charge in [-0.1, -0.05) is 41.7 Å². The normalized spacial score (nSPS) is 11.8. The fraction of sp³-hybridized carbons (Fsp3) is 0.333. The third-order valence-electron chi connectivity index (χ3n) is 4.27. The summed E-state index contributed by atoms with van der Waals surface area (Å²) in [5.41, 5.74) is 2.05. The number of ether oxygens (including phenoxy) is 3. The number of hydrogen-bond donors (Lipinski definition) is 0. The van der Waals surface area contributed by atoms with Crippen LogP contribution in [0.3, 0.4) is 0 Å². The maximum absolute atomic E-state index is 12.5. The molecule has 0 radical (unpaired) electrons. The molecule has 0 aliphatic carbocycles. The van der Waals surface area contributed by atoms with E-state index in [0.29, 0.717) is 29.5 Å². The zero-order valence-corrected chi connectivity index (χ0v) is 18.3. The number of fused-ring (bicyclic) bond motifs is 1. The molecule has 3 rings (SSSR count). The minimum Gasteiger partial charge on any atom is -0.495 e. The molecule has 0 spiro atoms. The Kier molecular flexibility index (Phi) is 7.74. The van der Waals surface area contributed by atoms with Gasteiger partial charge in [-0.25, -0.2) is 0 Å². The SMILES string of the molecule is COCCn1c(=NC(=O)CSCc2ccccc2)sc2c(OC)ccc(OC)c21. The number of benzene rings is 2. The Bertz CT molecular complexity index is 1030. The number of thiazole rings is 1. The summed E-state index contributed by atoms with van der Waals surface area (Å²) in [7, 11) is 4.90. The molecule has 3 aromatic rings. The van der Waals surface area contributed by atoms with Crippen LogP contribution in [0.4, 0.5) is 0 Å². The third-order valence-corrected chi connectivity index (χ3v) is 6.35. The van der Waals surface area contributed by atoms with Crippen molar-refractivity contribution in [3.8, 4) is 11.5 Å². The second kappa shape index (κ2) is 10.5. The Hall–Kier alpha value is -2.29. The smallest absolute Gasteiger partial charge is 0.258 e. The van der Waals surface area contributed by atoms with Crippen molar-refractivity contribution < 1.29 is 19.0 Å². The highest BCUT2D eigenvalue weighted by Crippen LogP contribution is 2.35. The molecule has 2 aromatic carbocycles. The van der Waals surface area contributed by atoms with E-state index in [1.807, 2.05) is 34.9 Å². The number of carbonyl (C=O) groups is 1. The summed E-state index contributed by atoms with van der Waals surface area (Å²) in [5.74, 6) is 2.37. The summed E-state index contributed by atoms with van der Waals surface area (Å²) in [5, 5.41) is 0. The van der Waals surface area contributed by atoms with Crippen molar-refractivity contribution in [2.45, 2.75) is 12.3 Å². The van der Waals surface area contributed by atoms with Crippen LogP contribution in [0.2, 0.25) is 0 Å². The highest BCUT2D eigenvalue weighted by Gasteiger charge is 2.16. The van der Waals surface area contributed by atoms with Crippen LogP contribution in [0.5, 0.6) is 11.5 Å². The zero-order chi connectivity index (χ0) is 20.6. The van der Waals surface area contributed by atoms with Crippen molar-refractivity contribution in [1.29, 1.82) is 0 Å². The topological polar surface area (TPSA) is 62.1 Å². The maximum Gasteiger partial charge on any atom is 0.258 e. The van der Waals surface area contributed by atoms with Gasteiger partial charge in [-0.05, 0) is 17.7 Å². The molecular weight excluding hydrogens is 408 g/mol. The van der Waals surface area contributed by atoms with Crippen molar-refractivity contribution in [3.63, 3.8) is 0 Å². The third kappa shape index (κ3) is 5.20. The van der Waals surface area contributed by atoms with Crippen LogP contribution in [0.1, 0.15) is 5.56 Å². The minimum absolute atomic E-state index is 0.165. The van der Waals surface area contributed by atoms with Crippen LogP contribution < -0.4 is 14.3 Å². The Morgan fingerprint density at radius 3 is 2.48 bits per heavy atom. The summed E-state index contributed by atoms with van der Waals surface area (Å²) in [4.78, 5) is 17.5. The minimum atomic E-state index is -0.165. The quantitative estimate of drug-likeness (QED) is 0.516. The first kappa shape index (κ1) is 21.4. The predicted octanol–water partition coefficient (Wildman–Crippen LogP) is 3.73. The molecule has 0 unspecified atom stereocenters. The number of nitrogens with zero attached hydrogens (tertiary/aromatic N) is 2. The molecule has 1 amide bonds. The fourth-order valence-corrected chi connectivity index (χ4v) is 4.85. The highest BCUT2D eigenvalue weighted by molar-refractivity contribution is 7.99. The molecule has 0 N–H and O–H groups in total. The average molecular weight is 433 g/mol. The van der Waals surface area contributed by atoms with Crippen molar-refractivity contribution in [2.75, 3.05) is 33.7 Å². The van der Waals surface area contributed by atoms with E-state index in [2.05, 4.69) is 17.1 Å². The lowest BCUT2D eigenvalue weighted by atomic mass is 10.2. The fourth-order valence-electron chi connectivity index (χ4n) is 2.90. The van der Waals surface area contributed by atoms with Gasteiger partial charge in [0, 0.05) is 19.4 Å². The summed E-state index contributed by atoms with van der Waals surface area (Å²) in [6.07, 6.45) is 0. The van der Waals surface area contributed by atoms with E-state index < -0.39 is 0 Å². The number of hydrogen-bond acceptors (Lipinski definition) is 6. The molecule has 0 fully saturated rings. The number of methoxy groups -OCH3 is 3. The molecule has 0 saturated heterocycles. The van der Waals surface area contributed by atoms with E-state index in [-0.39, 0.29) is 5.91 Å². The van der Waals surface area contributed by atoms with Gasteiger partial charge in [0.2, 0.25) is 0 Å². The second-order valence-electron chi connectivity index (χ2n) is 6.16. The van der Waals surface area contributed by atoms with E-state index >= 15 is 0 Å². The Labute approximate surface area is 178 Å². The lowest BCUT2D eigenvalue weighted by Gasteiger charge is -2.09. The zero-order valence-electron chi connectivity index (χ0n) is 16.7. The number of carbonyl (C=O) groups excluding carboxylic acids is 1. The van der Waals surface area contributed by atoms with Gasteiger partial charge < -0.3 is 18.8 Å². The molecule has 0 bridgehead atoms. The van der Waals surface area contributed by atoms with Gasteiger partial charge in [-0.3, -0.25) is 4.79 Å². The van der Waals surface area contributed by atoms with Crippen LogP contribution in [0.25, 0.3) is 10.2 Å². The van der Waals surface area contributed by atoms with Crippen LogP contribution in [-0.2, 0) is 21.8 Å². The monoisotopic (exact) mass is 432 g/mol. The van der Waals surface area contributed by atoms with Crippen LogP contribution in [0, 0.1) is 0 Å². The number of aromatic nitrogens is 1. The molecule has 0 atom stereocenters. The Morgan fingerprint density at radius 1 is 1.07 bits per heavy atom. The van der Waals surface area contributed by atoms with Gasteiger partial charge in [0.1, 0.15) is 21.7 Å². The second-order valence-corrected chi connectivity index (χ2v) is 8.12. The van der Waals surface area contributed by atoms with Gasteiger partial charge in [-0.15, -0.1) is 11.8 Å². The van der Waals surface area contributed by atoms with Crippen molar-refractivity contribution in [2.24, 2.45) is 4.99 Å². The average Bonchev–Trinajstić information content (AvgIpc) is 3.10. The molecule has 0 aliphatic rings. The molecule has 1 aromatic heterocycles. The van der Waals surface area contributed by atoms with Gasteiger partial charge in [0.25, 0.3) is 5.91 Å². The van der Waals surface area contributed by atoms with E-state index in [9.17, 15) is 4.79 Å². The van der Waals surface area contributed by atoms with Crippen LogP contribution in [-0.4, -0.2) is 44.2 Å². The van der Waals surface area contributed by atoms with E-state index in [1.165, 1.54) is 16.9 Å². The van der Waals surface area contributed by atoms with Gasteiger partial charge in [0.05, 0.1) is 26.6 Å². The van der Waals surface area contributed by atoms with Crippen molar-refractivity contribution >= 4 is 39.2 Å². The largest absolute Gasteiger partial charge is 0.495 e. The summed E-state index contributed by atoms with van der Waals surface area (Å²) in [6.45, 7) is 1.06. The number of rotatable bonds is 9. The summed E-state index contributed by atoms with van der Waals surface area (Å²) < 4.78 is 19.1. The van der Waals surface area contributed by atoms with Gasteiger partial charge in [-0.2, -0.15) is 4.99 Å². The Balaban J connectivity index is 1.90. The molecule has 1 heterocycles. The van der Waals surface area contributed by atoms with E-state index in [1.54, 1.807) is 33.1 Å². The predicted molar refractivity (Wildman–Crippen MR) is 118 cm³/mol. The lowest BCUT2D eigenvalue weighted by Crippen LogP contribution is -2.20. The lowest BCUT2D eigenvalue weighted by molar-refractivity contribution is -0.115. The van der Waals surface area contributed by atoms with Gasteiger partial charge >= 0.3 is 0 Å². The first-order valence-electron chi connectivity index (χ1n) is 9.10.